The number of anilines is 1. The van der Waals surface area contributed by atoms with E-state index in [-0.39, 0.29) is 34.5 Å². The summed E-state index contributed by atoms with van der Waals surface area (Å²) >= 11 is 0. The van der Waals surface area contributed by atoms with Crippen molar-refractivity contribution in [2.45, 2.75) is 19.5 Å². The lowest BCUT2D eigenvalue weighted by Gasteiger charge is -2.15. The number of carbonyl (C=O) groups is 1. The van der Waals surface area contributed by atoms with Gasteiger partial charge in [-0.15, -0.1) is 0 Å². The SMILES string of the molecule is CCCOc1ccc(C(F)(F)F)cc1NC(=O)c1n[nH]c(=O)c2ccccc12. The van der Waals surface area contributed by atoms with Crippen LogP contribution in [0, 0.1) is 0 Å². The van der Waals surface area contributed by atoms with Gasteiger partial charge in [-0.25, -0.2) is 5.10 Å². The molecule has 9 heteroatoms. The number of hydrogen-bond donors (Lipinski definition) is 2. The van der Waals surface area contributed by atoms with E-state index in [1.54, 1.807) is 12.1 Å². The largest absolute Gasteiger partial charge is 0.491 e. The second-order valence-electron chi connectivity index (χ2n) is 5.96. The predicted octanol–water partition coefficient (Wildman–Crippen LogP) is 3.98. The van der Waals surface area contributed by atoms with Gasteiger partial charge in [-0.05, 0) is 30.7 Å². The summed E-state index contributed by atoms with van der Waals surface area (Å²) in [6.07, 6.45) is -3.94. The van der Waals surface area contributed by atoms with E-state index in [1.807, 2.05) is 6.92 Å². The van der Waals surface area contributed by atoms with Crippen molar-refractivity contribution in [3.05, 3.63) is 64.1 Å². The number of benzene rings is 2. The molecular formula is C19H16F3N3O3. The summed E-state index contributed by atoms with van der Waals surface area (Å²) in [6, 6.07) is 9.15. The smallest absolute Gasteiger partial charge is 0.416 e. The van der Waals surface area contributed by atoms with Crippen LogP contribution in [0.5, 0.6) is 5.75 Å². The average molecular weight is 391 g/mol. The molecule has 1 amide bonds. The van der Waals surface area contributed by atoms with Gasteiger partial charge >= 0.3 is 6.18 Å². The average Bonchev–Trinajstić information content (AvgIpc) is 2.66. The maximum atomic E-state index is 13.1. The van der Waals surface area contributed by atoms with Crippen LogP contribution in [0.3, 0.4) is 0 Å². The molecule has 3 aromatic rings. The number of ether oxygens (including phenoxy) is 1. The van der Waals surface area contributed by atoms with Crippen molar-refractivity contribution < 1.29 is 22.7 Å². The lowest BCUT2D eigenvalue weighted by molar-refractivity contribution is -0.137. The van der Waals surface area contributed by atoms with Gasteiger partial charge in [0.1, 0.15) is 5.75 Å². The number of halogens is 3. The third-order valence-electron chi connectivity index (χ3n) is 3.93. The first-order valence-electron chi connectivity index (χ1n) is 8.44. The van der Waals surface area contributed by atoms with E-state index < -0.39 is 23.2 Å². The highest BCUT2D eigenvalue weighted by Crippen LogP contribution is 2.35. The van der Waals surface area contributed by atoms with Crippen LogP contribution >= 0.6 is 0 Å². The number of aromatic nitrogens is 2. The number of alkyl halides is 3. The molecule has 0 spiro atoms. The van der Waals surface area contributed by atoms with Gasteiger partial charge in [0, 0.05) is 5.39 Å². The molecular weight excluding hydrogens is 375 g/mol. The molecule has 2 aromatic carbocycles. The third-order valence-corrected chi connectivity index (χ3v) is 3.93. The molecule has 28 heavy (non-hydrogen) atoms. The van der Waals surface area contributed by atoms with Gasteiger partial charge in [0.15, 0.2) is 5.69 Å². The zero-order chi connectivity index (χ0) is 20.3. The molecule has 3 rings (SSSR count). The zero-order valence-corrected chi connectivity index (χ0v) is 14.8. The fourth-order valence-corrected chi connectivity index (χ4v) is 2.61. The molecule has 0 radical (unpaired) electrons. The summed E-state index contributed by atoms with van der Waals surface area (Å²) in [4.78, 5) is 24.5. The fourth-order valence-electron chi connectivity index (χ4n) is 2.61. The van der Waals surface area contributed by atoms with Crippen LogP contribution in [-0.2, 0) is 6.18 Å². The first-order chi connectivity index (χ1) is 13.3. The summed E-state index contributed by atoms with van der Waals surface area (Å²) < 4.78 is 44.6. The van der Waals surface area contributed by atoms with Crippen LogP contribution in [0.2, 0.25) is 0 Å². The lowest BCUT2D eigenvalue weighted by atomic mass is 10.1. The number of rotatable bonds is 5. The van der Waals surface area contributed by atoms with E-state index in [1.165, 1.54) is 12.1 Å². The minimum absolute atomic E-state index is 0.108. The Balaban J connectivity index is 2.01. The molecule has 0 saturated carbocycles. The van der Waals surface area contributed by atoms with Crippen molar-refractivity contribution in [3.8, 4) is 5.75 Å². The van der Waals surface area contributed by atoms with Crippen molar-refractivity contribution in [3.63, 3.8) is 0 Å². The topological polar surface area (TPSA) is 84.1 Å². The summed E-state index contributed by atoms with van der Waals surface area (Å²) in [6.45, 7) is 2.12. The van der Waals surface area contributed by atoms with Crippen LogP contribution in [0.25, 0.3) is 10.8 Å². The Kier molecular flexibility index (Phi) is 5.34. The minimum atomic E-state index is -4.58. The van der Waals surface area contributed by atoms with Crippen LogP contribution in [0.1, 0.15) is 29.4 Å². The number of amides is 1. The molecule has 0 aliphatic heterocycles. The van der Waals surface area contributed by atoms with E-state index in [2.05, 4.69) is 15.5 Å². The predicted molar refractivity (Wildman–Crippen MR) is 97.5 cm³/mol. The Morgan fingerprint density at radius 3 is 2.57 bits per heavy atom. The van der Waals surface area contributed by atoms with Gasteiger partial charge in [-0.3, -0.25) is 9.59 Å². The standard InChI is InChI=1S/C19H16F3N3O3/c1-2-9-28-15-8-7-11(19(20,21)22)10-14(15)23-18(27)16-12-5-3-4-6-13(12)17(26)25-24-16/h3-8,10H,2,9H2,1H3,(H,23,27)(H,25,26). The summed E-state index contributed by atoms with van der Waals surface area (Å²) in [7, 11) is 0. The number of hydrogen-bond acceptors (Lipinski definition) is 4. The van der Waals surface area contributed by atoms with E-state index in [0.717, 1.165) is 18.2 Å². The van der Waals surface area contributed by atoms with Crippen LogP contribution < -0.4 is 15.6 Å². The van der Waals surface area contributed by atoms with E-state index in [0.29, 0.717) is 6.42 Å². The summed E-state index contributed by atoms with van der Waals surface area (Å²) in [5.74, 6) is -0.662. The lowest BCUT2D eigenvalue weighted by Crippen LogP contribution is -2.20. The second-order valence-corrected chi connectivity index (χ2v) is 5.96. The molecule has 2 N–H and O–H groups in total. The van der Waals surface area contributed by atoms with Crippen LogP contribution in [0.4, 0.5) is 18.9 Å². The van der Waals surface area contributed by atoms with Crippen molar-refractivity contribution in [2.75, 3.05) is 11.9 Å². The van der Waals surface area contributed by atoms with Gasteiger partial charge in [0.25, 0.3) is 11.5 Å². The van der Waals surface area contributed by atoms with Gasteiger partial charge < -0.3 is 10.1 Å². The van der Waals surface area contributed by atoms with Gasteiger partial charge in [0.2, 0.25) is 0 Å². The van der Waals surface area contributed by atoms with Crippen molar-refractivity contribution in [1.29, 1.82) is 0 Å². The zero-order valence-electron chi connectivity index (χ0n) is 14.8. The number of aromatic amines is 1. The molecule has 1 aromatic heterocycles. The number of fused-ring (bicyclic) bond motifs is 1. The van der Waals surface area contributed by atoms with Gasteiger partial charge in [-0.2, -0.15) is 18.3 Å². The number of carbonyl (C=O) groups excluding carboxylic acids is 1. The van der Waals surface area contributed by atoms with Gasteiger partial charge in [0.05, 0.1) is 23.2 Å². The van der Waals surface area contributed by atoms with Crippen molar-refractivity contribution in [1.82, 2.24) is 10.2 Å². The molecule has 0 fully saturated rings. The maximum Gasteiger partial charge on any atom is 0.416 e. The summed E-state index contributed by atoms with van der Waals surface area (Å²) in [5.41, 5.74) is -1.65. The molecule has 0 aliphatic rings. The van der Waals surface area contributed by atoms with Crippen molar-refractivity contribution in [2.24, 2.45) is 0 Å². The molecule has 0 aliphatic carbocycles. The Bertz CT molecular complexity index is 1080. The van der Waals surface area contributed by atoms with E-state index in [9.17, 15) is 22.8 Å². The summed E-state index contributed by atoms with van der Waals surface area (Å²) in [5, 5.41) is 8.91. The monoisotopic (exact) mass is 391 g/mol. The first-order valence-corrected chi connectivity index (χ1v) is 8.44. The normalized spacial score (nSPS) is 11.4. The first kappa shape index (κ1) is 19.4. The maximum absolute atomic E-state index is 13.1. The molecule has 0 saturated heterocycles. The molecule has 146 valence electrons. The fraction of sp³-hybridized carbons (Fsp3) is 0.211. The Labute approximate surface area is 157 Å². The molecule has 0 atom stereocenters. The van der Waals surface area contributed by atoms with Gasteiger partial charge in [-0.1, -0.05) is 25.1 Å². The van der Waals surface area contributed by atoms with Crippen LogP contribution in [-0.4, -0.2) is 22.7 Å². The van der Waals surface area contributed by atoms with Crippen LogP contribution in [0.15, 0.2) is 47.3 Å². The Morgan fingerprint density at radius 1 is 1.18 bits per heavy atom. The minimum Gasteiger partial charge on any atom is -0.491 e. The molecule has 6 nitrogen and oxygen atoms in total. The van der Waals surface area contributed by atoms with Crippen molar-refractivity contribution >= 4 is 22.4 Å². The highest BCUT2D eigenvalue weighted by atomic mass is 19.4. The molecule has 0 bridgehead atoms. The van der Waals surface area contributed by atoms with E-state index in [4.69, 9.17) is 4.74 Å². The Morgan fingerprint density at radius 2 is 1.89 bits per heavy atom. The molecule has 0 unspecified atom stereocenters. The van der Waals surface area contributed by atoms with E-state index >= 15 is 0 Å². The second kappa shape index (κ2) is 7.71. The Hall–Kier alpha value is -3.36. The third kappa shape index (κ3) is 3.98. The number of H-pyrrole nitrogens is 1. The highest BCUT2D eigenvalue weighted by molar-refractivity contribution is 6.11. The number of nitrogens with one attached hydrogen (secondary N) is 2. The quantitative estimate of drug-likeness (QED) is 0.689. The molecule has 1 heterocycles. The highest BCUT2D eigenvalue weighted by Gasteiger charge is 2.31. The number of nitrogens with zero attached hydrogens (tertiary/aromatic N) is 1.